The molecule has 1 amide bonds. The van der Waals surface area contributed by atoms with E-state index >= 15 is 0 Å². The van der Waals surface area contributed by atoms with Crippen molar-refractivity contribution in [1.82, 2.24) is 24.7 Å². The summed E-state index contributed by atoms with van der Waals surface area (Å²) >= 11 is 1.34. The second-order valence-electron chi connectivity index (χ2n) is 10.7. The van der Waals surface area contributed by atoms with Crippen LogP contribution in [0.3, 0.4) is 0 Å². The van der Waals surface area contributed by atoms with Crippen LogP contribution in [0, 0.1) is 22.6 Å². The zero-order chi connectivity index (χ0) is 28.2. The largest absolute Gasteiger partial charge is 0.383 e. The van der Waals surface area contributed by atoms with Crippen LogP contribution >= 0.6 is 11.3 Å². The van der Waals surface area contributed by atoms with E-state index < -0.39 is 10.8 Å². The Bertz CT molecular complexity index is 1850. The van der Waals surface area contributed by atoms with Gasteiger partial charge in [0, 0.05) is 22.8 Å². The molecule has 6 rings (SSSR count). The lowest BCUT2D eigenvalue weighted by molar-refractivity contribution is -0.119. The van der Waals surface area contributed by atoms with E-state index in [9.17, 15) is 14.4 Å². The number of carbonyl (C=O) groups is 1. The molecule has 40 heavy (non-hydrogen) atoms. The van der Waals surface area contributed by atoms with Crippen molar-refractivity contribution in [2.45, 2.75) is 39.2 Å². The number of nitrogen functional groups attached to an aromatic ring is 1. The number of benzene rings is 2. The maximum atomic E-state index is 14.4. The molecule has 200 valence electrons. The Morgan fingerprint density at radius 2 is 1.90 bits per heavy atom. The van der Waals surface area contributed by atoms with Crippen LogP contribution in [0.5, 0.6) is 0 Å². The Labute approximate surface area is 233 Å². The number of nitrogens with one attached hydrogen (secondary N) is 1. The van der Waals surface area contributed by atoms with Gasteiger partial charge < -0.3 is 11.1 Å². The molecule has 3 N–H and O–H groups in total. The maximum absolute atomic E-state index is 14.4. The molecular formula is C29H25FN8OS. The molecule has 0 radical (unpaired) electrons. The van der Waals surface area contributed by atoms with Crippen molar-refractivity contribution in [2.24, 2.45) is 5.41 Å². The SMILES string of the molecule is CC(C)(C#N)Cc1csc([C@@]2(C)C(=O)Nc3nc(-c4nn(Cc5ccccc5F)c5ccccc45)nc(N)c32)n1. The Morgan fingerprint density at radius 3 is 2.67 bits per heavy atom. The number of anilines is 2. The minimum atomic E-state index is -1.19. The van der Waals surface area contributed by atoms with Gasteiger partial charge in [-0.05, 0) is 32.9 Å². The molecule has 0 saturated heterocycles. The summed E-state index contributed by atoms with van der Waals surface area (Å²) in [5.41, 5.74) is 7.69. The van der Waals surface area contributed by atoms with Crippen LogP contribution < -0.4 is 11.1 Å². The first-order valence-corrected chi connectivity index (χ1v) is 13.5. The monoisotopic (exact) mass is 552 g/mol. The first-order chi connectivity index (χ1) is 19.1. The van der Waals surface area contributed by atoms with Gasteiger partial charge in [-0.25, -0.2) is 19.3 Å². The van der Waals surface area contributed by atoms with Crippen LogP contribution in [0.25, 0.3) is 22.4 Å². The minimum Gasteiger partial charge on any atom is -0.383 e. The number of nitrogens with zero attached hydrogens (tertiary/aromatic N) is 6. The number of para-hydroxylation sites is 1. The van der Waals surface area contributed by atoms with Gasteiger partial charge in [0.25, 0.3) is 0 Å². The molecule has 3 aromatic heterocycles. The van der Waals surface area contributed by atoms with Crippen molar-refractivity contribution in [3.05, 3.63) is 81.6 Å². The number of aromatic nitrogens is 5. The van der Waals surface area contributed by atoms with Crippen LogP contribution in [0.2, 0.25) is 0 Å². The summed E-state index contributed by atoms with van der Waals surface area (Å²) in [5.74, 6) is 0.0700. The summed E-state index contributed by atoms with van der Waals surface area (Å²) in [4.78, 5) is 27.4. The number of nitrogens with two attached hydrogens (primary N) is 1. The van der Waals surface area contributed by atoms with Crippen molar-refractivity contribution in [1.29, 1.82) is 5.26 Å². The van der Waals surface area contributed by atoms with E-state index in [2.05, 4.69) is 21.4 Å². The average Bonchev–Trinajstić information content (AvgIpc) is 3.61. The number of nitriles is 1. The first-order valence-electron chi connectivity index (χ1n) is 12.7. The van der Waals surface area contributed by atoms with Crippen LogP contribution in [-0.2, 0) is 23.2 Å². The summed E-state index contributed by atoms with van der Waals surface area (Å²) in [6.45, 7) is 5.67. The molecule has 0 spiro atoms. The smallest absolute Gasteiger partial charge is 0.243 e. The summed E-state index contributed by atoms with van der Waals surface area (Å²) in [5, 5.41) is 20.2. The van der Waals surface area contributed by atoms with Gasteiger partial charge in [-0.15, -0.1) is 11.3 Å². The van der Waals surface area contributed by atoms with Gasteiger partial charge in [-0.2, -0.15) is 10.4 Å². The highest BCUT2D eigenvalue weighted by Gasteiger charge is 2.50. The van der Waals surface area contributed by atoms with E-state index in [0.29, 0.717) is 34.1 Å². The summed E-state index contributed by atoms with van der Waals surface area (Å²) in [6.07, 6.45) is 0.456. The normalized spacial score (nSPS) is 16.6. The number of thiazole rings is 1. The fourth-order valence-corrected chi connectivity index (χ4v) is 6.01. The third-order valence-electron chi connectivity index (χ3n) is 7.18. The lowest BCUT2D eigenvalue weighted by Gasteiger charge is -2.20. The van der Waals surface area contributed by atoms with Crippen LogP contribution in [0.1, 0.15) is 42.6 Å². The number of halogens is 1. The van der Waals surface area contributed by atoms with Crippen LogP contribution in [0.15, 0.2) is 53.9 Å². The standard InChI is InChI=1S/C29H25FN8OS/c1-28(2,15-31)12-17-14-40-27(33-17)29(3)21-23(32)34-25(35-24(21)36-26(29)39)22-18-9-5-7-11-20(18)38(37-22)13-16-8-4-6-10-19(16)30/h4-11,14H,12-13H2,1-3H3,(H3,32,34,35,36,39)/t29-/m1/s1. The highest BCUT2D eigenvalue weighted by Crippen LogP contribution is 2.46. The lowest BCUT2D eigenvalue weighted by atomic mass is 9.85. The van der Waals surface area contributed by atoms with Gasteiger partial charge in [0.05, 0.1) is 34.8 Å². The molecule has 0 unspecified atom stereocenters. The molecule has 4 heterocycles. The predicted octanol–water partition coefficient (Wildman–Crippen LogP) is 5.07. The zero-order valence-electron chi connectivity index (χ0n) is 22.1. The molecule has 0 aliphatic carbocycles. The average molecular weight is 553 g/mol. The highest BCUT2D eigenvalue weighted by molar-refractivity contribution is 7.10. The number of hydrogen-bond acceptors (Lipinski definition) is 8. The summed E-state index contributed by atoms with van der Waals surface area (Å²) < 4.78 is 16.1. The highest BCUT2D eigenvalue weighted by atomic mass is 32.1. The molecule has 11 heteroatoms. The topological polar surface area (TPSA) is 135 Å². The van der Waals surface area contributed by atoms with E-state index in [4.69, 9.17) is 15.8 Å². The lowest BCUT2D eigenvalue weighted by Crippen LogP contribution is -2.33. The summed E-state index contributed by atoms with van der Waals surface area (Å²) in [7, 11) is 0. The number of fused-ring (bicyclic) bond motifs is 2. The number of hydrogen-bond donors (Lipinski definition) is 2. The maximum Gasteiger partial charge on any atom is 0.243 e. The molecule has 9 nitrogen and oxygen atoms in total. The molecule has 0 saturated carbocycles. The molecule has 1 aliphatic rings. The fraction of sp³-hybridized carbons (Fsp3) is 0.241. The van der Waals surface area contributed by atoms with Crippen molar-refractivity contribution in [2.75, 3.05) is 11.1 Å². The second kappa shape index (κ2) is 9.20. The predicted molar refractivity (Wildman–Crippen MR) is 151 cm³/mol. The van der Waals surface area contributed by atoms with E-state index in [1.807, 2.05) is 43.5 Å². The van der Waals surface area contributed by atoms with E-state index in [1.165, 1.54) is 17.4 Å². The third kappa shape index (κ3) is 4.08. The molecule has 5 aromatic rings. The van der Waals surface area contributed by atoms with Gasteiger partial charge in [-0.1, -0.05) is 36.4 Å². The van der Waals surface area contributed by atoms with Crippen molar-refractivity contribution in [3.63, 3.8) is 0 Å². The Balaban J connectivity index is 1.42. The molecule has 1 atom stereocenters. The molecule has 2 aromatic carbocycles. The number of rotatable bonds is 6. The van der Waals surface area contributed by atoms with E-state index in [-0.39, 0.29) is 29.9 Å². The third-order valence-corrected chi connectivity index (χ3v) is 8.29. The zero-order valence-corrected chi connectivity index (χ0v) is 22.9. The number of carbonyl (C=O) groups excluding carboxylic acids is 1. The molecule has 0 bridgehead atoms. The fourth-order valence-electron chi connectivity index (χ4n) is 5.03. The Hall–Kier alpha value is -4.69. The molecule has 1 aliphatic heterocycles. The van der Waals surface area contributed by atoms with Gasteiger partial charge in [-0.3, -0.25) is 9.48 Å². The number of amides is 1. The second-order valence-corrected chi connectivity index (χ2v) is 11.5. The Kier molecular flexibility index (Phi) is 5.89. The molecular weight excluding hydrogens is 527 g/mol. The van der Waals surface area contributed by atoms with Gasteiger partial charge >= 0.3 is 0 Å². The van der Waals surface area contributed by atoms with Gasteiger partial charge in [0.2, 0.25) is 5.91 Å². The van der Waals surface area contributed by atoms with E-state index in [1.54, 1.807) is 29.8 Å². The van der Waals surface area contributed by atoms with Crippen molar-refractivity contribution < 1.29 is 9.18 Å². The van der Waals surface area contributed by atoms with Gasteiger partial charge in [0.15, 0.2) is 5.82 Å². The van der Waals surface area contributed by atoms with Crippen LogP contribution in [-0.4, -0.2) is 30.6 Å². The Morgan fingerprint density at radius 1 is 1.15 bits per heavy atom. The van der Waals surface area contributed by atoms with Crippen molar-refractivity contribution in [3.8, 4) is 17.6 Å². The quantitative estimate of drug-likeness (QED) is 0.300. The first kappa shape index (κ1) is 25.6. The van der Waals surface area contributed by atoms with Gasteiger partial charge in [0.1, 0.15) is 33.6 Å². The van der Waals surface area contributed by atoms with E-state index in [0.717, 1.165) is 16.6 Å². The minimum absolute atomic E-state index is 0.141. The van der Waals surface area contributed by atoms with Crippen LogP contribution in [0.4, 0.5) is 16.0 Å². The van der Waals surface area contributed by atoms with Crippen molar-refractivity contribution >= 4 is 39.8 Å². The molecule has 0 fully saturated rings. The summed E-state index contributed by atoms with van der Waals surface area (Å²) in [6, 6.07) is 16.4.